The zero-order chi connectivity index (χ0) is 12.5. The fourth-order valence-corrected chi connectivity index (χ4v) is 2.83. The lowest BCUT2D eigenvalue weighted by Gasteiger charge is -2.33. The number of ether oxygens (including phenoxy) is 2. The predicted molar refractivity (Wildman–Crippen MR) is 84.9 cm³/mol. The van der Waals surface area contributed by atoms with Crippen LogP contribution >= 0.6 is 36.4 Å². The summed E-state index contributed by atoms with van der Waals surface area (Å²) < 4.78 is 10.7. The van der Waals surface area contributed by atoms with Crippen molar-refractivity contribution in [1.29, 1.82) is 0 Å². The molecule has 2 aliphatic heterocycles. The molecule has 2 heterocycles. The second-order valence-corrected chi connectivity index (χ2v) is 5.10. The van der Waals surface area contributed by atoms with Gasteiger partial charge < -0.3 is 14.8 Å². The van der Waals surface area contributed by atoms with Crippen LogP contribution in [-0.4, -0.2) is 37.9 Å². The predicted octanol–water partition coefficient (Wildman–Crippen LogP) is 2.88. The van der Waals surface area contributed by atoms with Gasteiger partial charge in [-0.1, -0.05) is 11.6 Å². The molecule has 3 rings (SSSR count). The number of hydrogen-bond donors (Lipinski definition) is 1. The molecule has 1 N–H and O–H groups in total. The van der Waals surface area contributed by atoms with Gasteiger partial charge in [-0.25, -0.2) is 0 Å². The second-order valence-electron chi connectivity index (χ2n) is 4.69. The first-order valence-corrected chi connectivity index (χ1v) is 6.67. The molecule has 1 aromatic carbocycles. The molecule has 1 atom stereocenters. The van der Waals surface area contributed by atoms with Gasteiger partial charge in [0.05, 0.1) is 0 Å². The van der Waals surface area contributed by atoms with Crippen molar-refractivity contribution in [2.24, 2.45) is 0 Å². The summed E-state index contributed by atoms with van der Waals surface area (Å²) in [5.41, 5.74) is 1.11. The minimum atomic E-state index is 0. The van der Waals surface area contributed by atoms with Gasteiger partial charge in [-0.3, -0.25) is 4.90 Å². The van der Waals surface area contributed by atoms with Crippen LogP contribution in [-0.2, 0) is 0 Å². The highest BCUT2D eigenvalue weighted by Crippen LogP contribution is 2.40. The summed E-state index contributed by atoms with van der Waals surface area (Å²) in [6.07, 6.45) is 0. The maximum absolute atomic E-state index is 6.34. The van der Waals surface area contributed by atoms with Crippen LogP contribution in [0.3, 0.4) is 0 Å². The quantitative estimate of drug-likeness (QED) is 0.897. The molecule has 7 heteroatoms. The van der Waals surface area contributed by atoms with Gasteiger partial charge in [0.25, 0.3) is 0 Å². The number of halogens is 3. The fourth-order valence-electron chi connectivity index (χ4n) is 2.52. The largest absolute Gasteiger partial charge is 0.454 e. The van der Waals surface area contributed by atoms with E-state index in [2.05, 4.69) is 17.1 Å². The Kier molecular flexibility index (Phi) is 6.69. The van der Waals surface area contributed by atoms with Gasteiger partial charge in [0.15, 0.2) is 11.5 Å². The molecule has 20 heavy (non-hydrogen) atoms. The number of benzene rings is 1. The van der Waals surface area contributed by atoms with E-state index < -0.39 is 0 Å². The molecule has 0 aromatic heterocycles. The molecule has 4 nitrogen and oxygen atoms in total. The number of nitrogens with one attached hydrogen (secondary N) is 1. The fraction of sp³-hybridized carbons (Fsp3) is 0.538. The first-order chi connectivity index (χ1) is 8.75. The van der Waals surface area contributed by atoms with E-state index in [1.54, 1.807) is 0 Å². The SMILES string of the molecule is C[C@H](c1cc2c(cc1Cl)OCO2)N1CCNCC1.Cl.Cl. The molecule has 0 unspecified atom stereocenters. The van der Waals surface area contributed by atoms with Crippen molar-refractivity contribution in [1.82, 2.24) is 10.2 Å². The summed E-state index contributed by atoms with van der Waals surface area (Å²) in [6, 6.07) is 4.17. The Balaban J connectivity index is 0.000001000. The van der Waals surface area contributed by atoms with Crippen molar-refractivity contribution in [2.45, 2.75) is 13.0 Å². The van der Waals surface area contributed by atoms with Crippen molar-refractivity contribution in [3.8, 4) is 11.5 Å². The molecule has 0 amide bonds. The van der Waals surface area contributed by atoms with Crippen molar-refractivity contribution >= 4 is 36.4 Å². The molecule has 1 fully saturated rings. The van der Waals surface area contributed by atoms with Crippen LogP contribution in [0.25, 0.3) is 0 Å². The summed E-state index contributed by atoms with van der Waals surface area (Å²) in [7, 11) is 0. The normalized spacial score (nSPS) is 18.9. The average molecular weight is 342 g/mol. The molecule has 0 spiro atoms. The first kappa shape index (κ1) is 17.7. The number of hydrogen-bond acceptors (Lipinski definition) is 4. The second kappa shape index (κ2) is 7.57. The van der Waals surface area contributed by atoms with E-state index in [1.807, 2.05) is 12.1 Å². The van der Waals surface area contributed by atoms with E-state index in [1.165, 1.54) is 0 Å². The van der Waals surface area contributed by atoms with Gasteiger partial charge in [0.2, 0.25) is 6.79 Å². The topological polar surface area (TPSA) is 33.7 Å². The summed E-state index contributed by atoms with van der Waals surface area (Å²) in [5, 5.41) is 4.11. The summed E-state index contributed by atoms with van der Waals surface area (Å²) >= 11 is 6.34. The Morgan fingerprint density at radius 2 is 1.75 bits per heavy atom. The number of nitrogens with zero attached hydrogens (tertiary/aromatic N) is 1. The lowest BCUT2D eigenvalue weighted by molar-refractivity contribution is 0.173. The maximum Gasteiger partial charge on any atom is 0.231 e. The zero-order valence-corrected chi connectivity index (χ0v) is 13.6. The summed E-state index contributed by atoms with van der Waals surface area (Å²) in [4.78, 5) is 2.43. The standard InChI is InChI=1S/C13H17ClN2O2.2ClH/c1-9(16-4-2-15-3-5-16)10-6-12-13(7-11(10)14)18-8-17-12;;/h6-7,9,15H,2-5,8H2,1H3;2*1H/t9-;;/m1../s1. The summed E-state index contributed by atoms with van der Waals surface area (Å²) in [6.45, 7) is 6.64. The van der Waals surface area contributed by atoms with Crippen molar-refractivity contribution in [3.63, 3.8) is 0 Å². The van der Waals surface area contributed by atoms with E-state index in [0.29, 0.717) is 6.04 Å². The van der Waals surface area contributed by atoms with Crippen LogP contribution in [0.1, 0.15) is 18.5 Å². The average Bonchev–Trinajstić information content (AvgIpc) is 2.85. The number of piperazine rings is 1. The highest BCUT2D eigenvalue weighted by molar-refractivity contribution is 6.31. The van der Waals surface area contributed by atoms with Crippen LogP contribution in [0, 0.1) is 0 Å². The van der Waals surface area contributed by atoms with Crippen LogP contribution < -0.4 is 14.8 Å². The van der Waals surface area contributed by atoms with Crippen LogP contribution in [0.15, 0.2) is 12.1 Å². The molecule has 0 saturated carbocycles. The minimum Gasteiger partial charge on any atom is -0.454 e. The van der Waals surface area contributed by atoms with Gasteiger partial charge in [-0.05, 0) is 18.6 Å². The van der Waals surface area contributed by atoms with E-state index >= 15 is 0 Å². The molecule has 1 aromatic rings. The lowest BCUT2D eigenvalue weighted by atomic mass is 10.1. The molecule has 0 aliphatic carbocycles. The maximum atomic E-state index is 6.34. The highest BCUT2D eigenvalue weighted by atomic mass is 35.5. The molecule has 2 aliphatic rings. The highest BCUT2D eigenvalue weighted by Gasteiger charge is 2.23. The summed E-state index contributed by atoms with van der Waals surface area (Å²) in [5.74, 6) is 1.55. The Morgan fingerprint density at radius 1 is 1.15 bits per heavy atom. The van der Waals surface area contributed by atoms with E-state index in [9.17, 15) is 0 Å². The zero-order valence-electron chi connectivity index (χ0n) is 11.2. The van der Waals surface area contributed by atoms with E-state index in [0.717, 1.165) is 48.3 Å². The molecular formula is C13H19Cl3N2O2. The van der Waals surface area contributed by atoms with Crippen LogP contribution in [0.2, 0.25) is 5.02 Å². The third kappa shape index (κ3) is 3.43. The number of rotatable bonds is 2. The third-order valence-corrected chi connectivity index (χ3v) is 3.97. The van der Waals surface area contributed by atoms with Crippen molar-refractivity contribution in [2.75, 3.05) is 33.0 Å². The molecule has 0 bridgehead atoms. The molecule has 1 saturated heterocycles. The van der Waals surface area contributed by atoms with E-state index in [-0.39, 0.29) is 31.6 Å². The molecule has 0 radical (unpaired) electrons. The van der Waals surface area contributed by atoms with Crippen LogP contribution in [0.5, 0.6) is 11.5 Å². The van der Waals surface area contributed by atoms with Crippen molar-refractivity contribution in [3.05, 3.63) is 22.7 Å². The van der Waals surface area contributed by atoms with Gasteiger partial charge >= 0.3 is 0 Å². The Morgan fingerprint density at radius 3 is 2.40 bits per heavy atom. The first-order valence-electron chi connectivity index (χ1n) is 6.29. The lowest BCUT2D eigenvalue weighted by Crippen LogP contribution is -2.44. The van der Waals surface area contributed by atoms with Gasteiger partial charge in [0, 0.05) is 43.3 Å². The molecule has 114 valence electrons. The van der Waals surface area contributed by atoms with Crippen LogP contribution in [0.4, 0.5) is 0 Å². The van der Waals surface area contributed by atoms with E-state index in [4.69, 9.17) is 21.1 Å². The number of fused-ring (bicyclic) bond motifs is 1. The Hall–Kier alpha value is -0.390. The van der Waals surface area contributed by atoms with Gasteiger partial charge in [-0.15, -0.1) is 24.8 Å². The molecular weight excluding hydrogens is 323 g/mol. The Labute approximate surface area is 136 Å². The Bertz CT molecular complexity index is 453. The van der Waals surface area contributed by atoms with Gasteiger partial charge in [-0.2, -0.15) is 0 Å². The monoisotopic (exact) mass is 340 g/mol. The van der Waals surface area contributed by atoms with Crippen molar-refractivity contribution < 1.29 is 9.47 Å². The third-order valence-electron chi connectivity index (χ3n) is 3.64. The minimum absolute atomic E-state index is 0. The smallest absolute Gasteiger partial charge is 0.231 e. The van der Waals surface area contributed by atoms with Gasteiger partial charge in [0.1, 0.15) is 0 Å².